The number of aliphatic carboxylic acids is 1. The van der Waals surface area contributed by atoms with Crippen LogP contribution in [0, 0.1) is 0 Å². The first-order chi connectivity index (χ1) is 11.0. The highest BCUT2D eigenvalue weighted by Crippen LogP contribution is 2.50. The molecule has 3 unspecified atom stereocenters. The zero-order valence-electron chi connectivity index (χ0n) is 12.8. The first kappa shape index (κ1) is 17.7. The number of nitrogens with one attached hydrogen (secondary N) is 1. The van der Waals surface area contributed by atoms with Crippen molar-refractivity contribution in [2.45, 2.75) is 40.9 Å². The highest BCUT2D eigenvalue weighted by molar-refractivity contribution is 9.10. The summed E-state index contributed by atoms with van der Waals surface area (Å²) < 4.78 is 27.3. The van der Waals surface area contributed by atoms with Gasteiger partial charge in [0.15, 0.2) is 0 Å². The lowest BCUT2D eigenvalue weighted by atomic mass is 9.96. The second-order valence-electron chi connectivity index (χ2n) is 6.15. The maximum absolute atomic E-state index is 12.4. The summed E-state index contributed by atoms with van der Waals surface area (Å²) in [6.45, 7) is 3.48. The number of amides is 1. The van der Waals surface area contributed by atoms with Crippen LogP contribution in [-0.2, 0) is 19.6 Å². The Morgan fingerprint density at radius 3 is 2.46 bits per heavy atom. The number of sulfonamides is 1. The molecule has 1 amide bonds. The molecular weight excluding hydrogens is 420 g/mol. The Morgan fingerprint density at radius 1 is 1.33 bits per heavy atom. The van der Waals surface area contributed by atoms with Gasteiger partial charge in [0, 0.05) is 9.22 Å². The molecule has 3 rings (SSSR count). The molecule has 2 aliphatic heterocycles. The van der Waals surface area contributed by atoms with E-state index in [1.807, 2.05) is 0 Å². The number of fused-ring (bicyclic) bond motifs is 1. The van der Waals surface area contributed by atoms with Gasteiger partial charge >= 0.3 is 5.97 Å². The van der Waals surface area contributed by atoms with E-state index < -0.39 is 44.1 Å². The van der Waals surface area contributed by atoms with Crippen molar-refractivity contribution in [1.82, 2.24) is 9.62 Å². The number of nitrogens with zero attached hydrogens (tertiary/aromatic N) is 1. The van der Waals surface area contributed by atoms with Gasteiger partial charge in [-0.3, -0.25) is 4.79 Å². The number of rotatable bonds is 4. The van der Waals surface area contributed by atoms with Crippen LogP contribution in [0.1, 0.15) is 13.8 Å². The Kier molecular flexibility index (Phi) is 4.22. The summed E-state index contributed by atoms with van der Waals surface area (Å²) in [5.74, 6) is -1.59. The largest absolute Gasteiger partial charge is 0.480 e. The van der Waals surface area contributed by atoms with Gasteiger partial charge in [0.1, 0.15) is 17.5 Å². The van der Waals surface area contributed by atoms with Gasteiger partial charge in [-0.1, -0.05) is 15.9 Å². The SMILES string of the molecule is CC1(C)SC2C(NS(=O)(=O)c3ccc(Br)cc3)C(=O)N2C1C(=O)O. The minimum atomic E-state index is -3.86. The Balaban J connectivity index is 1.82. The number of carboxylic acid groups (broad SMARTS) is 1. The normalized spacial score (nSPS) is 28.4. The maximum atomic E-state index is 12.4. The van der Waals surface area contributed by atoms with Crippen LogP contribution in [-0.4, -0.2) is 52.5 Å². The number of carbonyl (C=O) groups excluding carboxylic acids is 1. The average Bonchev–Trinajstić information content (AvgIpc) is 2.74. The second-order valence-corrected chi connectivity index (χ2v) is 10.6. The highest BCUT2D eigenvalue weighted by atomic mass is 79.9. The number of carboxylic acids is 1. The Hall–Kier alpha value is -1.10. The molecule has 0 saturated carbocycles. The first-order valence-corrected chi connectivity index (χ1v) is 10.2. The van der Waals surface area contributed by atoms with Crippen LogP contribution in [0.25, 0.3) is 0 Å². The van der Waals surface area contributed by atoms with Crippen LogP contribution in [0.15, 0.2) is 33.6 Å². The van der Waals surface area contributed by atoms with Crippen LogP contribution >= 0.6 is 27.7 Å². The van der Waals surface area contributed by atoms with Gasteiger partial charge in [-0.15, -0.1) is 11.8 Å². The molecule has 2 heterocycles. The zero-order chi connectivity index (χ0) is 17.9. The summed E-state index contributed by atoms with van der Waals surface area (Å²) in [6.07, 6.45) is 0. The summed E-state index contributed by atoms with van der Waals surface area (Å²) in [5, 5.41) is 8.85. The lowest BCUT2D eigenvalue weighted by molar-refractivity contribution is -0.159. The fraction of sp³-hybridized carbons (Fsp3) is 0.429. The van der Waals surface area contributed by atoms with Crippen LogP contribution < -0.4 is 4.72 Å². The van der Waals surface area contributed by atoms with Gasteiger partial charge in [-0.05, 0) is 38.1 Å². The molecule has 130 valence electrons. The summed E-state index contributed by atoms with van der Waals surface area (Å²) >= 11 is 4.53. The predicted molar refractivity (Wildman–Crippen MR) is 92.0 cm³/mol. The van der Waals surface area contributed by atoms with Crippen molar-refractivity contribution in [3.8, 4) is 0 Å². The third-order valence-corrected chi connectivity index (χ3v) is 7.64. The molecule has 0 bridgehead atoms. The van der Waals surface area contributed by atoms with Crippen LogP contribution in [0.5, 0.6) is 0 Å². The van der Waals surface area contributed by atoms with Crippen molar-refractivity contribution >= 4 is 49.6 Å². The molecule has 2 saturated heterocycles. The molecule has 1 aromatic rings. The minimum absolute atomic E-state index is 0.0500. The summed E-state index contributed by atoms with van der Waals surface area (Å²) in [7, 11) is -3.86. The number of hydrogen-bond donors (Lipinski definition) is 2. The number of carbonyl (C=O) groups is 2. The topological polar surface area (TPSA) is 104 Å². The van der Waals surface area contributed by atoms with E-state index in [9.17, 15) is 23.1 Å². The van der Waals surface area contributed by atoms with E-state index in [4.69, 9.17) is 0 Å². The number of β-lactam (4-membered cyclic amide) rings is 1. The molecule has 2 N–H and O–H groups in total. The van der Waals surface area contributed by atoms with Crippen molar-refractivity contribution in [3.63, 3.8) is 0 Å². The monoisotopic (exact) mass is 434 g/mol. The molecule has 0 aromatic heterocycles. The fourth-order valence-corrected chi connectivity index (χ4v) is 6.14. The van der Waals surface area contributed by atoms with E-state index >= 15 is 0 Å². The van der Waals surface area contributed by atoms with Crippen molar-refractivity contribution in [1.29, 1.82) is 0 Å². The minimum Gasteiger partial charge on any atom is -0.480 e. The summed E-state index contributed by atoms with van der Waals surface area (Å²) in [4.78, 5) is 25.1. The number of halogens is 1. The van der Waals surface area contributed by atoms with Crippen LogP contribution in [0.4, 0.5) is 0 Å². The predicted octanol–water partition coefficient (Wildman–Crippen LogP) is 1.24. The Labute approximate surface area is 152 Å². The van der Waals surface area contributed by atoms with Crippen LogP contribution in [0.2, 0.25) is 0 Å². The van der Waals surface area contributed by atoms with Gasteiger partial charge in [0.05, 0.1) is 4.90 Å². The van der Waals surface area contributed by atoms with E-state index in [0.717, 1.165) is 4.47 Å². The lowest BCUT2D eigenvalue weighted by Crippen LogP contribution is -2.70. The van der Waals surface area contributed by atoms with Gasteiger partial charge in [0.25, 0.3) is 0 Å². The van der Waals surface area contributed by atoms with E-state index in [1.54, 1.807) is 26.0 Å². The molecule has 2 fully saturated rings. The molecular formula is C14H15BrN2O5S2. The van der Waals surface area contributed by atoms with Crippen molar-refractivity contribution < 1.29 is 23.1 Å². The van der Waals surface area contributed by atoms with E-state index in [2.05, 4.69) is 20.7 Å². The molecule has 0 aliphatic carbocycles. The summed E-state index contributed by atoms with van der Waals surface area (Å²) in [5.41, 5.74) is 0. The molecule has 7 nitrogen and oxygen atoms in total. The van der Waals surface area contributed by atoms with Crippen LogP contribution in [0.3, 0.4) is 0 Å². The Bertz CT molecular complexity index is 809. The average molecular weight is 435 g/mol. The lowest BCUT2D eigenvalue weighted by Gasteiger charge is -2.43. The van der Waals surface area contributed by atoms with E-state index in [1.165, 1.54) is 28.8 Å². The number of thioether (sulfide) groups is 1. The van der Waals surface area contributed by atoms with E-state index in [0.29, 0.717) is 0 Å². The van der Waals surface area contributed by atoms with E-state index in [-0.39, 0.29) is 4.90 Å². The smallest absolute Gasteiger partial charge is 0.327 e. The third kappa shape index (κ3) is 2.75. The molecule has 2 aliphatic rings. The standard InChI is InChI=1S/C14H15BrN2O5S2/c1-14(2)10(13(19)20)17-11(18)9(12(17)23-14)16-24(21,22)8-5-3-7(15)4-6-8/h3-6,9-10,12,16H,1-2H3,(H,19,20). The molecule has 0 radical (unpaired) electrons. The molecule has 24 heavy (non-hydrogen) atoms. The van der Waals surface area contributed by atoms with Crippen molar-refractivity contribution in [2.24, 2.45) is 0 Å². The quantitative estimate of drug-likeness (QED) is 0.690. The van der Waals surface area contributed by atoms with Gasteiger partial charge < -0.3 is 10.0 Å². The van der Waals surface area contributed by atoms with Gasteiger partial charge in [-0.25, -0.2) is 13.2 Å². The van der Waals surface area contributed by atoms with Gasteiger partial charge in [-0.2, -0.15) is 4.72 Å². The molecule has 10 heteroatoms. The number of benzene rings is 1. The third-order valence-electron chi connectivity index (χ3n) is 4.08. The van der Waals surface area contributed by atoms with Crippen molar-refractivity contribution in [3.05, 3.63) is 28.7 Å². The zero-order valence-corrected chi connectivity index (χ0v) is 16.0. The maximum Gasteiger partial charge on any atom is 0.327 e. The molecule has 0 spiro atoms. The second kappa shape index (κ2) is 5.72. The first-order valence-electron chi connectivity index (χ1n) is 7.05. The van der Waals surface area contributed by atoms with Crippen molar-refractivity contribution in [2.75, 3.05) is 0 Å². The number of hydrogen-bond acceptors (Lipinski definition) is 5. The molecule has 3 atom stereocenters. The highest BCUT2D eigenvalue weighted by Gasteiger charge is 2.64. The fourth-order valence-electron chi connectivity index (χ4n) is 2.97. The molecule has 1 aromatic carbocycles. The summed E-state index contributed by atoms with van der Waals surface area (Å²) in [6, 6.07) is 4.13. The Morgan fingerprint density at radius 2 is 1.92 bits per heavy atom. The van der Waals surface area contributed by atoms with Gasteiger partial charge in [0.2, 0.25) is 15.9 Å².